The lowest BCUT2D eigenvalue weighted by atomic mass is 10.0. The second-order valence-electron chi connectivity index (χ2n) is 5.75. The first-order chi connectivity index (χ1) is 11.2. The van der Waals surface area contributed by atoms with E-state index in [2.05, 4.69) is 34.7 Å². The van der Waals surface area contributed by atoms with Crippen LogP contribution in [0, 0.1) is 5.41 Å². The Kier molecular flexibility index (Phi) is 4.93. The molecule has 3 heterocycles. The van der Waals surface area contributed by atoms with Gasteiger partial charge in [0.1, 0.15) is 11.5 Å². The van der Waals surface area contributed by atoms with E-state index < -0.39 is 0 Å². The molecule has 0 unspecified atom stereocenters. The first-order valence-corrected chi connectivity index (χ1v) is 8.93. The highest BCUT2D eigenvalue weighted by atomic mass is 32.1. The van der Waals surface area contributed by atoms with Crippen LogP contribution in [-0.4, -0.2) is 31.2 Å². The molecule has 0 aliphatic carbocycles. The molecule has 0 saturated heterocycles. The largest absolute Gasteiger partial charge is 0.390 e. The molecular formula is C17H23N5S. The maximum absolute atomic E-state index is 8.23. The van der Waals surface area contributed by atoms with Crippen LogP contribution >= 0.6 is 11.3 Å². The molecule has 3 rings (SSSR count). The third-order valence-corrected chi connectivity index (χ3v) is 5.26. The summed E-state index contributed by atoms with van der Waals surface area (Å²) in [4.78, 5) is 6.69. The Hall–Kier alpha value is -1.92. The van der Waals surface area contributed by atoms with Gasteiger partial charge in [-0.3, -0.25) is 5.41 Å². The van der Waals surface area contributed by atoms with Crippen molar-refractivity contribution in [2.24, 2.45) is 10.7 Å². The van der Waals surface area contributed by atoms with E-state index in [0.29, 0.717) is 11.5 Å². The van der Waals surface area contributed by atoms with Crippen molar-refractivity contribution in [1.29, 1.82) is 5.41 Å². The summed E-state index contributed by atoms with van der Waals surface area (Å²) in [6.45, 7) is 5.00. The van der Waals surface area contributed by atoms with Gasteiger partial charge in [-0.2, -0.15) is 0 Å². The summed E-state index contributed by atoms with van der Waals surface area (Å²) in [6.07, 6.45) is 7.46. The fraction of sp³-hybridized carbons (Fsp3) is 0.412. The Morgan fingerprint density at radius 2 is 2.39 bits per heavy atom. The number of rotatable bonds is 5. The lowest BCUT2D eigenvalue weighted by Crippen LogP contribution is -2.27. The fourth-order valence-electron chi connectivity index (χ4n) is 2.69. The summed E-state index contributed by atoms with van der Waals surface area (Å²) >= 11 is 1.71. The van der Waals surface area contributed by atoms with Gasteiger partial charge in [0.15, 0.2) is 0 Å². The van der Waals surface area contributed by atoms with Crippen LogP contribution in [0.2, 0.25) is 0 Å². The van der Waals surface area contributed by atoms with Crippen LogP contribution < -0.4 is 16.4 Å². The van der Waals surface area contributed by atoms with Crippen molar-refractivity contribution in [2.75, 3.05) is 19.6 Å². The molecule has 5 N–H and O–H groups in total. The van der Waals surface area contributed by atoms with Crippen molar-refractivity contribution in [3.05, 3.63) is 28.1 Å². The number of fused-ring (bicyclic) bond motifs is 1. The molecule has 2 aliphatic rings. The van der Waals surface area contributed by atoms with Crippen molar-refractivity contribution in [3.63, 3.8) is 0 Å². The molecule has 0 fully saturated rings. The van der Waals surface area contributed by atoms with Gasteiger partial charge in [0, 0.05) is 29.7 Å². The highest BCUT2D eigenvalue weighted by Crippen LogP contribution is 2.41. The summed E-state index contributed by atoms with van der Waals surface area (Å²) in [6, 6.07) is 2.11. The Labute approximate surface area is 140 Å². The molecule has 1 aromatic heterocycles. The normalized spacial score (nSPS) is 19.3. The zero-order valence-electron chi connectivity index (χ0n) is 13.4. The second-order valence-corrected chi connectivity index (χ2v) is 6.80. The van der Waals surface area contributed by atoms with Crippen molar-refractivity contribution < 1.29 is 0 Å². The predicted octanol–water partition coefficient (Wildman–Crippen LogP) is 2.88. The SMILES string of the molecule is CCCCN/C=C1\C(=N)C(N)=Nc2cc(C3=CCNCC3)sc21. The van der Waals surface area contributed by atoms with E-state index in [0.717, 1.165) is 55.0 Å². The van der Waals surface area contributed by atoms with Crippen molar-refractivity contribution in [3.8, 4) is 0 Å². The molecule has 0 spiro atoms. The van der Waals surface area contributed by atoms with E-state index in [4.69, 9.17) is 11.1 Å². The van der Waals surface area contributed by atoms with Gasteiger partial charge >= 0.3 is 0 Å². The third kappa shape index (κ3) is 3.38. The summed E-state index contributed by atoms with van der Waals surface area (Å²) in [7, 11) is 0. The third-order valence-electron chi connectivity index (χ3n) is 4.02. The highest BCUT2D eigenvalue weighted by molar-refractivity contribution is 7.15. The molecule has 2 aliphatic heterocycles. The average Bonchev–Trinajstić information content (AvgIpc) is 2.99. The minimum absolute atomic E-state index is 0.296. The molecule has 122 valence electrons. The Bertz CT molecular complexity index is 696. The molecule has 1 aromatic rings. The molecule has 23 heavy (non-hydrogen) atoms. The summed E-state index contributed by atoms with van der Waals surface area (Å²) in [5.41, 5.74) is 9.36. The number of hydrogen-bond donors (Lipinski definition) is 4. The predicted molar refractivity (Wildman–Crippen MR) is 99.7 cm³/mol. The number of nitrogens with two attached hydrogens (primary N) is 1. The van der Waals surface area contributed by atoms with E-state index in [-0.39, 0.29) is 0 Å². The zero-order valence-corrected chi connectivity index (χ0v) is 14.2. The summed E-state index contributed by atoms with van der Waals surface area (Å²) in [5, 5.41) is 14.9. The molecular weight excluding hydrogens is 306 g/mol. The number of nitrogens with one attached hydrogen (secondary N) is 3. The van der Waals surface area contributed by atoms with Gasteiger partial charge in [-0.05, 0) is 31.0 Å². The first kappa shape index (κ1) is 16.0. The van der Waals surface area contributed by atoms with Gasteiger partial charge in [0.05, 0.1) is 10.6 Å². The van der Waals surface area contributed by atoms with Gasteiger partial charge in [0.25, 0.3) is 0 Å². The summed E-state index contributed by atoms with van der Waals surface area (Å²) < 4.78 is 0. The highest BCUT2D eigenvalue weighted by Gasteiger charge is 2.24. The van der Waals surface area contributed by atoms with Gasteiger partial charge in [-0.25, -0.2) is 4.99 Å². The zero-order chi connectivity index (χ0) is 16.2. The number of unbranched alkanes of at least 4 members (excludes halogenated alkanes) is 1. The molecule has 0 amide bonds. The Morgan fingerprint density at radius 1 is 1.52 bits per heavy atom. The molecule has 0 radical (unpaired) electrons. The lowest BCUT2D eigenvalue weighted by molar-refractivity contribution is 0.736. The number of aliphatic imine (C=N–C) groups is 1. The number of nitrogens with zero attached hydrogens (tertiary/aromatic N) is 1. The minimum Gasteiger partial charge on any atom is -0.390 e. The monoisotopic (exact) mass is 329 g/mol. The van der Waals surface area contributed by atoms with Gasteiger partial charge in [-0.15, -0.1) is 11.3 Å². The van der Waals surface area contributed by atoms with Gasteiger partial charge in [0.2, 0.25) is 0 Å². The van der Waals surface area contributed by atoms with Crippen LogP contribution in [0.5, 0.6) is 0 Å². The average molecular weight is 329 g/mol. The smallest absolute Gasteiger partial charge is 0.150 e. The maximum Gasteiger partial charge on any atom is 0.150 e. The summed E-state index contributed by atoms with van der Waals surface area (Å²) in [5.74, 6) is 0.296. The van der Waals surface area contributed by atoms with E-state index >= 15 is 0 Å². The van der Waals surface area contributed by atoms with E-state index in [9.17, 15) is 0 Å². The van der Waals surface area contributed by atoms with E-state index in [1.54, 1.807) is 11.3 Å². The van der Waals surface area contributed by atoms with Crippen LogP contribution in [0.25, 0.3) is 11.1 Å². The Morgan fingerprint density at radius 3 is 3.13 bits per heavy atom. The molecule has 0 atom stereocenters. The Balaban J connectivity index is 1.92. The van der Waals surface area contributed by atoms with E-state index in [1.165, 1.54) is 10.5 Å². The van der Waals surface area contributed by atoms with Crippen LogP contribution in [0.4, 0.5) is 5.69 Å². The van der Waals surface area contributed by atoms with Crippen LogP contribution in [-0.2, 0) is 0 Å². The van der Waals surface area contributed by atoms with E-state index in [1.807, 2.05) is 6.20 Å². The van der Waals surface area contributed by atoms with Crippen LogP contribution in [0.3, 0.4) is 0 Å². The molecule has 0 bridgehead atoms. The molecule has 5 nitrogen and oxygen atoms in total. The first-order valence-electron chi connectivity index (χ1n) is 8.12. The van der Waals surface area contributed by atoms with Crippen molar-refractivity contribution >= 4 is 39.7 Å². The quantitative estimate of drug-likeness (QED) is 0.627. The molecule has 0 saturated carbocycles. The van der Waals surface area contributed by atoms with Crippen molar-refractivity contribution in [2.45, 2.75) is 26.2 Å². The minimum atomic E-state index is 0.296. The number of hydrogen-bond acceptors (Lipinski definition) is 6. The second kappa shape index (κ2) is 7.10. The molecule has 6 heteroatoms. The van der Waals surface area contributed by atoms with Gasteiger partial charge < -0.3 is 16.4 Å². The topological polar surface area (TPSA) is 86.3 Å². The van der Waals surface area contributed by atoms with Crippen molar-refractivity contribution in [1.82, 2.24) is 10.6 Å². The van der Waals surface area contributed by atoms with Gasteiger partial charge in [-0.1, -0.05) is 19.4 Å². The maximum atomic E-state index is 8.23. The number of amidine groups is 1. The lowest BCUT2D eigenvalue weighted by Gasteiger charge is -2.14. The standard InChI is InChI=1S/C17H23N5S/c1-2-3-6-21-10-12-15(18)17(19)22-13-9-14(23-16(12)13)11-4-7-20-8-5-11/h4,9-10,18,20-21H,2-3,5-8H2,1H3,(H2,19,22)/b12-10+,18-15?. The van der Waals surface area contributed by atoms with Crippen LogP contribution in [0.1, 0.15) is 35.9 Å². The number of thiophene rings is 1. The van der Waals surface area contributed by atoms with Crippen LogP contribution in [0.15, 0.2) is 23.3 Å². The fourth-order valence-corrected chi connectivity index (χ4v) is 3.88. The molecule has 0 aromatic carbocycles.